The van der Waals surface area contributed by atoms with E-state index in [9.17, 15) is 13.5 Å². The summed E-state index contributed by atoms with van der Waals surface area (Å²) in [4.78, 5) is 4.84. The number of benzene rings is 1. The molecule has 3 heterocycles. The lowest BCUT2D eigenvalue weighted by atomic mass is 10.1. The van der Waals surface area contributed by atoms with Crippen molar-refractivity contribution in [2.45, 2.75) is 17.9 Å². The van der Waals surface area contributed by atoms with Gasteiger partial charge in [0.25, 0.3) is 0 Å². The molecule has 0 radical (unpaired) electrons. The van der Waals surface area contributed by atoms with E-state index >= 15 is 0 Å². The molecule has 9 nitrogen and oxygen atoms in total. The Morgan fingerprint density at radius 3 is 2.66 bits per heavy atom. The number of anilines is 2. The first-order valence-corrected chi connectivity index (χ1v) is 10.8. The van der Waals surface area contributed by atoms with Crippen LogP contribution >= 0.6 is 0 Å². The van der Waals surface area contributed by atoms with E-state index in [0.717, 1.165) is 11.1 Å². The Morgan fingerprint density at radius 2 is 1.97 bits per heavy atom. The Hall–Kier alpha value is -3.24. The molecule has 29 heavy (non-hydrogen) atoms. The van der Waals surface area contributed by atoms with Gasteiger partial charge in [0.2, 0.25) is 5.95 Å². The Kier molecular flexibility index (Phi) is 4.81. The zero-order valence-corrected chi connectivity index (χ0v) is 16.7. The Labute approximate surface area is 167 Å². The number of nitrogens with one attached hydrogen (secondary N) is 1. The molecule has 0 saturated heterocycles. The number of sulfone groups is 1. The van der Waals surface area contributed by atoms with Crippen LogP contribution in [0.3, 0.4) is 0 Å². The highest BCUT2D eigenvalue weighted by molar-refractivity contribution is 7.90. The zero-order chi connectivity index (χ0) is 20.6. The van der Waals surface area contributed by atoms with Crippen LogP contribution < -0.4 is 5.32 Å². The molecule has 10 heteroatoms. The summed E-state index contributed by atoms with van der Waals surface area (Å²) in [6.45, 7) is 1.86. The number of hydrogen-bond acceptors (Lipinski definition) is 7. The monoisotopic (exact) mass is 412 g/mol. The van der Waals surface area contributed by atoms with Crippen molar-refractivity contribution in [3.8, 4) is 11.1 Å². The molecular weight excluding hydrogens is 392 g/mol. The highest BCUT2D eigenvalue weighted by Crippen LogP contribution is 2.26. The lowest BCUT2D eigenvalue weighted by Gasteiger charge is -2.06. The van der Waals surface area contributed by atoms with Crippen LogP contribution in [0.25, 0.3) is 16.8 Å². The number of rotatable bonds is 6. The lowest BCUT2D eigenvalue weighted by Crippen LogP contribution is -2.09. The molecule has 0 fully saturated rings. The normalized spacial score (nSPS) is 12.9. The predicted molar refractivity (Wildman–Crippen MR) is 109 cm³/mol. The molecule has 4 aromatic rings. The molecule has 0 aliphatic rings. The fourth-order valence-corrected chi connectivity index (χ4v) is 3.55. The zero-order valence-electron chi connectivity index (χ0n) is 15.9. The molecule has 1 aromatic carbocycles. The summed E-state index contributed by atoms with van der Waals surface area (Å²) in [5, 5.41) is 21.0. The highest BCUT2D eigenvalue weighted by Gasteiger charge is 2.13. The number of aliphatic hydroxyl groups excluding tert-OH is 1. The number of pyridine rings is 1. The van der Waals surface area contributed by atoms with Gasteiger partial charge >= 0.3 is 0 Å². The SMILES string of the molecule is C[C@@H](CO)n1cc(Nc2nc3c(-c4ccc(S(C)(=O)=O)cc4)cccn3n2)cn1. The molecule has 0 unspecified atom stereocenters. The molecule has 0 bridgehead atoms. The average molecular weight is 412 g/mol. The van der Waals surface area contributed by atoms with Crippen molar-refractivity contribution in [1.29, 1.82) is 0 Å². The maximum Gasteiger partial charge on any atom is 0.247 e. The first-order valence-electron chi connectivity index (χ1n) is 8.93. The van der Waals surface area contributed by atoms with E-state index < -0.39 is 9.84 Å². The molecule has 0 aliphatic heterocycles. The third-order valence-electron chi connectivity index (χ3n) is 4.53. The minimum Gasteiger partial charge on any atom is -0.394 e. The van der Waals surface area contributed by atoms with Crippen molar-refractivity contribution < 1.29 is 13.5 Å². The summed E-state index contributed by atoms with van der Waals surface area (Å²) in [6.07, 6.45) is 6.39. The van der Waals surface area contributed by atoms with E-state index in [1.165, 1.54) is 6.26 Å². The van der Waals surface area contributed by atoms with Crippen molar-refractivity contribution in [3.05, 3.63) is 55.0 Å². The van der Waals surface area contributed by atoms with Gasteiger partial charge in [0.1, 0.15) is 0 Å². The predicted octanol–water partition coefficient (Wildman–Crippen LogP) is 2.29. The summed E-state index contributed by atoms with van der Waals surface area (Å²) in [7, 11) is -3.25. The molecule has 0 spiro atoms. The molecule has 0 saturated carbocycles. The minimum atomic E-state index is -3.25. The first kappa shape index (κ1) is 19.1. The van der Waals surface area contributed by atoms with E-state index in [1.807, 2.05) is 19.1 Å². The van der Waals surface area contributed by atoms with E-state index in [4.69, 9.17) is 0 Å². The van der Waals surface area contributed by atoms with Crippen LogP contribution in [0.4, 0.5) is 11.6 Å². The van der Waals surface area contributed by atoms with Crippen molar-refractivity contribution in [2.75, 3.05) is 18.2 Å². The maximum atomic E-state index is 11.7. The Bertz CT molecular complexity index is 1260. The fraction of sp³-hybridized carbons (Fsp3) is 0.211. The van der Waals surface area contributed by atoms with Crippen LogP contribution in [0.15, 0.2) is 59.9 Å². The van der Waals surface area contributed by atoms with Crippen LogP contribution in [0, 0.1) is 0 Å². The van der Waals surface area contributed by atoms with E-state index in [0.29, 0.717) is 17.3 Å². The molecule has 150 valence electrons. The van der Waals surface area contributed by atoms with E-state index in [-0.39, 0.29) is 17.5 Å². The van der Waals surface area contributed by atoms with Crippen LogP contribution in [-0.2, 0) is 9.84 Å². The second-order valence-corrected chi connectivity index (χ2v) is 8.80. The molecule has 2 N–H and O–H groups in total. The van der Waals surface area contributed by atoms with Crippen molar-refractivity contribution >= 4 is 27.1 Å². The standard InChI is InChI=1S/C19H20N6O3S/c1-13(12-26)25-11-15(10-20-25)21-19-22-18-17(4-3-9-24(18)23-19)14-5-7-16(8-6-14)29(2,27)28/h3-11,13,26H,12H2,1-2H3,(H,21,23)/t13-/m0/s1. The van der Waals surface area contributed by atoms with Gasteiger partial charge in [0.05, 0.1) is 29.4 Å². The van der Waals surface area contributed by atoms with E-state index in [2.05, 4.69) is 20.5 Å². The summed E-state index contributed by atoms with van der Waals surface area (Å²) in [5.74, 6) is 0.404. The number of aromatic nitrogens is 5. The second-order valence-electron chi connectivity index (χ2n) is 6.79. The van der Waals surface area contributed by atoms with Crippen molar-refractivity contribution in [1.82, 2.24) is 24.4 Å². The van der Waals surface area contributed by atoms with Crippen molar-refractivity contribution in [3.63, 3.8) is 0 Å². The van der Waals surface area contributed by atoms with E-state index in [1.54, 1.807) is 52.1 Å². The topological polar surface area (TPSA) is 114 Å². The van der Waals surface area contributed by atoms with Gasteiger partial charge in [-0.15, -0.1) is 5.10 Å². The number of hydrogen-bond donors (Lipinski definition) is 2. The number of nitrogens with zero attached hydrogens (tertiary/aromatic N) is 5. The second kappa shape index (κ2) is 7.30. The van der Waals surface area contributed by atoms with Gasteiger partial charge < -0.3 is 10.4 Å². The number of aliphatic hydroxyl groups is 1. The van der Waals surface area contributed by atoms with Crippen LogP contribution in [-0.4, -0.2) is 50.8 Å². The summed E-state index contributed by atoms with van der Waals surface area (Å²) < 4.78 is 26.7. The van der Waals surface area contributed by atoms with Gasteiger partial charge in [-0.3, -0.25) is 4.68 Å². The minimum absolute atomic E-state index is 0.00475. The third-order valence-corrected chi connectivity index (χ3v) is 5.66. The molecule has 3 aromatic heterocycles. The summed E-state index contributed by atoms with van der Waals surface area (Å²) in [5.41, 5.74) is 3.02. The molecule has 0 aliphatic carbocycles. The molecule has 0 amide bonds. The Morgan fingerprint density at radius 1 is 1.21 bits per heavy atom. The van der Waals surface area contributed by atoms with Gasteiger partial charge in [-0.2, -0.15) is 10.1 Å². The van der Waals surface area contributed by atoms with Gasteiger partial charge in [-0.1, -0.05) is 12.1 Å². The summed E-state index contributed by atoms with van der Waals surface area (Å²) in [6, 6.07) is 10.3. The van der Waals surface area contributed by atoms with Crippen LogP contribution in [0.5, 0.6) is 0 Å². The van der Waals surface area contributed by atoms with Gasteiger partial charge in [0.15, 0.2) is 15.5 Å². The Balaban J connectivity index is 1.66. The third kappa shape index (κ3) is 3.84. The van der Waals surface area contributed by atoms with Crippen LogP contribution in [0.2, 0.25) is 0 Å². The molecule has 4 rings (SSSR count). The average Bonchev–Trinajstić information content (AvgIpc) is 3.33. The largest absolute Gasteiger partial charge is 0.394 e. The summed E-state index contributed by atoms with van der Waals surface area (Å²) >= 11 is 0. The van der Waals surface area contributed by atoms with Crippen molar-refractivity contribution in [2.24, 2.45) is 0 Å². The molecular formula is C19H20N6O3S. The van der Waals surface area contributed by atoms with Gasteiger partial charge in [-0.05, 0) is 36.8 Å². The van der Waals surface area contributed by atoms with Gasteiger partial charge in [-0.25, -0.2) is 12.9 Å². The highest BCUT2D eigenvalue weighted by atomic mass is 32.2. The lowest BCUT2D eigenvalue weighted by molar-refractivity contribution is 0.230. The quantitative estimate of drug-likeness (QED) is 0.499. The number of fused-ring (bicyclic) bond motifs is 1. The smallest absolute Gasteiger partial charge is 0.247 e. The van der Waals surface area contributed by atoms with Gasteiger partial charge in [0, 0.05) is 24.2 Å². The van der Waals surface area contributed by atoms with Crippen LogP contribution in [0.1, 0.15) is 13.0 Å². The first-order chi connectivity index (χ1) is 13.8. The molecule has 1 atom stereocenters. The maximum absolute atomic E-state index is 11.7. The fourth-order valence-electron chi connectivity index (χ4n) is 2.92.